The van der Waals surface area contributed by atoms with Crippen molar-refractivity contribution in [3.63, 3.8) is 0 Å². The van der Waals surface area contributed by atoms with Crippen LogP contribution >= 0.6 is 0 Å². The van der Waals surface area contributed by atoms with Crippen LogP contribution < -0.4 is 16.0 Å². The van der Waals surface area contributed by atoms with Crippen molar-refractivity contribution >= 4 is 34.5 Å². The van der Waals surface area contributed by atoms with E-state index in [1.807, 2.05) is 57.4 Å². The molecular weight excluding hydrogens is 520 g/mol. The Kier molecular flexibility index (Phi) is 8.21. The number of carbonyl (C=O) groups is 2. The zero-order valence-electron chi connectivity index (χ0n) is 23.9. The number of anilines is 2. The third-order valence-electron chi connectivity index (χ3n) is 6.86. The molecule has 0 saturated carbocycles. The van der Waals surface area contributed by atoms with E-state index >= 15 is 0 Å². The van der Waals surface area contributed by atoms with Crippen molar-refractivity contribution in [1.82, 2.24) is 20.4 Å². The van der Waals surface area contributed by atoms with Gasteiger partial charge in [-0.05, 0) is 75.2 Å². The zero-order valence-corrected chi connectivity index (χ0v) is 23.9. The van der Waals surface area contributed by atoms with Crippen LogP contribution in [0.5, 0.6) is 0 Å². The van der Waals surface area contributed by atoms with Gasteiger partial charge in [-0.1, -0.05) is 29.4 Å². The summed E-state index contributed by atoms with van der Waals surface area (Å²) in [6.07, 6.45) is 5.18. The molecule has 0 bridgehead atoms. The lowest BCUT2D eigenvalue weighted by atomic mass is 9.98. The fourth-order valence-corrected chi connectivity index (χ4v) is 4.94. The number of likely N-dealkylation sites (tertiary alicyclic amines) is 1. The van der Waals surface area contributed by atoms with E-state index in [1.54, 1.807) is 13.0 Å². The minimum Gasteiger partial charge on any atom is -0.444 e. The molecule has 3 heterocycles. The van der Waals surface area contributed by atoms with Gasteiger partial charge in [0, 0.05) is 60.8 Å². The summed E-state index contributed by atoms with van der Waals surface area (Å²) in [6, 6.07) is 15.5. The highest BCUT2D eigenvalue weighted by atomic mass is 16.6. The minimum atomic E-state index is -0.497. The Hall–Kier alpha value is -4.44. The van der Waals surface area contributed by atoms with Crippen LogP contribution in [0.25, 0.3) is 21.9 Å². The number of amides is 3. The third kappa shape index (κ3) is 7.61. The topological polar surface area (TPSA) is 122 Å². The van der Waals surface area contributed by atoms with E-state index in [2.05, 4.69) is 49.2 Å². The number of nitrogens with zero attached hydrogens (tertiary/aromatic N) is 3. The van der Waals surface area contributed by atoms with Crippen molar-refractivity contribution in [3.05, 3.63) is 72.2 Å². The first kappa shape index (κ1) is 28.1. The number of benzene rings is 2. The Morgan fingerprint density at radius 1 is 1.02 bits per heavy atom. The average Bonchev–Trinajstić information content (AvgIpc) is 3.33. The smallest absolute Gasteiger partial charge is 0.407 e. The van der Waals surface area contributed by atoms with E-state index in [1.165, 1.54) is 5.56 Å². The van der Waals surface area contributed by atoms with Crippen molar-refractivity contribution in [2.45, 2.75) is 58.7 Å². The highest BCUT2D eigenvalue weighted by molar-refractivity contribution is 6.00. The first-order chi connectivity index (χ1) is 19.6. The van der Waals surface area contributed by atoms with Gasteiger partial charge in [0.1, 0.15) is 5.60 Å². The summed E-state index contributed by atoms with van der Waals surface area (Å²) in [5.74, 6) is 0.288. The Bertz CT molecular complexity index is 1520. The maximum Gasteiger partial charge on any atom is 0.407 e. The number of aryl methyl sites for hydroxylation is 1. The third-order valence-corrected chi connectivity index (χ3v) is 6.86. The number of aromatic nitrogens is 2. The Labute approximate surface area is 239 Å². The summed E-state index contributed by atoms with van der Waals surface area (Å²) in [6.45, 7) is 10.0. The van der Waals surface area contributed by atoms with Gasteiger partial charge in [-0.3, -0.25) is 15.2 Å². The molecule has 214 valence electrons. The molecule has 2 aromatic carbocycles. The van der Waals surface area contributed by atoms with Crippen molar-refractivity contribution in [2.24, 2.45) is 0 Å². The number of hydrogen-bond donors (Lipinski definition) is 3. The molecule has 0 radical (unpaired) electrons. The van der Waals surface area contributed by atoms with Crippen molar-refractivity contribution in [2.75, 3.05) is 23.7 Å². The molecule has 0 aliphatic carbocycles. The maximum absolute atomic E-state index is 12.3. The van der Waals surface area contributed by atoms with E-state index in [9.17, 15) is 9.59 Å². The quantitative estimate of drug-likeness (QED) is 0.254. The lowest BCUT2D eigenvalue weighted by molar-refractivity contribution is 0.0477. The molecule has 1 saturated heterocycles. The molecule has 1 aliphatic rings. The number of nitrogens with one attached hydrogen (secondary N) is 3. The van der Waals surface area contributed by atoms with Crippen LogP contribution in [0, 0.1) is 6.92 Å². The fourth-order valence-electron chi connectivity index (χ4n) is 4.94. The number of piperidine rings is 1. The molecule has 3 N–H and O–H groups in total. The van der Waals surface area contributed by atoms with Gasteiger partial charge in [-0.2, -0.15) is 0 Å². The second kappa shape index (κ2) is 12.0. The number of fused-ring (bicyclic) bond motifs is 1. The van der Waals surface area contributed by atoms with E-state index in [-0.39, 0.29) is 18.0 Å². The SMILES string of the molecule is Cc1cc(NC(=O)Nc2ccc(-c3cncc4ccc(CN5CCC(NC(=O)OC(C)(C)C)CC5)cc34)cc2)on1. The molecular formula is C31H36N6O4. The second-order valence-corrected chi connectivity index (χ2v) is 11.4. The molecule has 1 aliphatic heterocycles. The molecule has 0 unspecified atom stereocenters. The summed E-state index contributed by atoms with van der Waals surface area (Å²) in [7, 11) is 0. The van der Waals surface area contributed by atoms with Crippen LogP contribution in [-0.4, -0.2) is 51.9 Å². The molecule has 0 spiro atoms. The number of alkyl carbamates (subject to hydrolysis) is 1. The summed E-state index contributed by atoms with van der Waals surface area (Å²) in [5, 5.41) is 14.4. The normalized spacial score (nSPS) is 14.5. The number of rotatable bonds is 6. The monoisotopic (exact) mass is 556 g/mol. The molecule has 4 aromatic rings. The van der Waals surface area contributed by atoms with Gasteiger partial charge >= 0.3 is 12.1 Å². The largest absolute Gasteiger partial charge is 0.444 e. The van der Waals surface area contributed by atoms with Gasteiger partial charge in [0.05, 0.1) is 5.69 Å². The average molecular weight is 557 g/mol. The van der Waals surface area contributed by atoms with E-state index in [4.69, 9.17) is 9.26 Å². The second-order valence-electron chi connectivity index (χ2n) is 11.4. The number of hydrogen-bond acceptors (Lipinski definition) is 7. The lowest BCUT2D eigenvalue weighted by Crippen LogP contribution is -2.45. The van der Waals surface area contributed by atoms with Crippen molar-refractivity contribution < 1.29 is 18.8 Å². The highest BCUT2D eigenvalue weighted by Crippen LogP contribution is 2.30. The predicted octanol–water partition coefficient (Wildman–Crippen LogP) is 6.33. The summed E-state index contributed by atoms with van der Waals surface area (Å²) in [4.78, 5) is 31.3. The molecule has 1 fully saturated rings. The molecule has 10 nitrogen and oxygen atoms in total. The molecule has 41 heavy (non-hydrogen) atoms. The Morgan fingerprint density at radius 2 is 1.78 bits per heavy atom. The zero-order chi connectivity index (χ0) is 29.0. The van der Waals surface area contributed by atoms with Crippen LogP contribution in [0.15, 0.2) is 65.4 Å². The first-order valence-corrected chi connectivity index (χ1v) is 13.8. The van der Waals surface area contributed by atoms with E-state index in [0.29, 0.717) is 11.4 Å². The van der Waals surface area contributed by atoms with Gasteiger partial charge in [0.2, 0.25) is 5.88 Å². The summed E-state index contributed by atoms with van der Waals surface area (Å²) < 4.78 is 10.4. The van der Waals surface area contributed by atoms with Crippen molar-refractivity contribution in [1.29, 1.82) is 0 Å². The molecule has 2 aromatic heterocycles. The van der Waals surface area contributed by atoms with Crippen LogP contribution in [0.3, 0.4) is 0 Å². The van der Waals surface area contributed by atoms with Crippen LogP contribution in [0.1, 0.15) is 44.9 Å². The van der Waals surface area contributed by atoms with Gasteiger partial charge in [-0.15, -0.1) is 0 Å². The fraction of sp³-hybridized carbons (Fsp3) is 0.355. The van der Waals surface area contributed by atoms with Crippen LogP contribution in [0.4, 0.5) is 21.2 Å². The predicted molar refractivity (Wildman–Crippen MR) is 159 cm³/mol. The number of urea groups is 1. The first-order valence-electron chi connectivity index (χ1n) is 13.8. The number of carbonyl (C=O) groups excluding carboxylic acids is 2. The minimum absolute atomic E-state index is 0.130. The summed E-state index contributed by atoms with van der Waals surface area (Å²) >= 11 is 0. The summed E-state index contributed by atoms with van der Waals surface area (Å²) in [5.41, 5.74) is 4.10. The van der Waals surface area contributed by atoms with Gasteiger partial charge in [0.25, 0.3) is 0 Å². The number of pyridine rings is 1. The Morgan fingerprint density at radius 3 is 2.46 bits per heavy atom. The van der Waals surface area contributed by atoms with Gasteiger partial charge in [0.15, 0.2) is 0 Å². The number of ether oxygens (including phenoxy) is 1. The maximum atomic E-state index is 12.3. The molecule has 10 heteroatoms. The standard InChI is InChI=1S/C31H36N6O4/c1-20-15-28(41-36-20)35-29(38)33-24-9-7-22(8-10-24)27-18-32-17-23-6-5-21(16-26(23)27)19-37-13-11-25(12-14-37)34-30(39)40-31(2,3)4/h5-10,15-18,25H,11-14,19H2,1-4H3,(H,34,39)(H2,33,35,38). The van der Waals surface area contributed by atoms with Crippen LogP contribution in [-0.2, 0) is 11.3 Å². The molecule has 0 atom stereocenters. The molecule has 5 rings (SSSR count). The highest BCUT2D eigenvalue weighted by Gasteiger charge is 2.23. The van der Waals surface area contributed by atoms with Crippen molar-refractivity contribution in [3.8, 4) is 11.1 Å². The van der Waals surface area contributed by atoms with Crippen LogP contribution in [0.2, 0.25) is 0 Å². The lowest BCUT2D eigenvalue weighted by Gasteiger charge is -2.33. The van der Waals surface area contributed by atoms with E-state index in [0.717, 1.165) is 54.4 Å². The van der Waals surface area contributed by atoms with Gasteiger partial charge < -0.3 is 19.9 Å². The van der Waals surface area contributed by atoms with E-state index < -0.39 is 11.6 Å². The Balaban J connectivity index is 1.21. The van der Waals surface area contributed by atoms with Gasteiger partial charge in [-0.25, -0.2) is 9.59 Å². The molecule has 3 amide bonds.